The van der Waals surface area contributed by atoms with Gasteiger partial charge in [0.2, 0.25) is 9.84 Å². The van der Waals surface area contributed by atoms with Crippen molar-refractivity contribution in [2.45, 2.75) is 37.1 Å². The molecule has 2 rings (SSSR count). The quantitative estimate of drug-likeness (QED) is 0.923. The first kappa shape index (κ1) is 14.3. The molecule has 0 amide bonds. The Morgan fingerprint density at radius 1 is 1.16 bits per heavy atom. The normalized spacial score (nSPS) is 11.8. The van der Waals surface area contributed by atoms with Crippen molar-refractivity contribution in [2.24, 2.45) is 0 Å². The molecular weight excluding hydrogens is 326 g/mol. The SMILES string of the molecule is CCc1c(S(=O)(=O)c2ccc(C)cc2)[nH]c(Br)c1C. The molecule has 0 fully saturated rings. The first-order valence-corrected chi connectivity index (χ1v) is 8.34. The molecule has 0 bridgehead atoms. The molecule has 3 nitrogen and oxygen atoms in total. The molecule has 0 radical (unpaired) electrons. The molecule has 0 aliphatic carbocycles. The molecule has 0 saturated heterocycles. The molecular formula is C14H16BrNO2S. The molecule has 1 aromatic heterocycles. The van der Waals surface area contributed by atoms with E-state index in [0.717, 1.165) is 21.3 Å². The standard InChI is InChI=1S/C14H16BrNO2S/c1-4-12-10(3)13(15)16-14(12)19(17,18)11-7-5-9(2)6-8-11/h5-8,16H,4H2,1-3H3. The van der Waals surface area contributed by atoms with Gasteiger partial charge in [0.25, 0.3) is 0 Å². The Kier molecular flexibility index (Phi) is 3.87. The summed E-state index contributed by atoms with van der Waals surface area (Å²) in [5, 5.41) is 0.295. The molecule has 102 valence electrons. The third-order valence-electron chi connectivity index (χ3n) is 3.23. The van der Waals surface area contributed by atoms with Crippen LogP contribution in [0.3, 0.4) is 0 Å². The van der Waals surface area contributed by atoms with E-state index in [-0.39, 0.29) is 0 Å². The Morgan fingerprint density at radius 3 is 2.26 bits per heavy atom. The molecule has 5 heteroatoms. The van der Waals surface area contributed by atoms with Crippen LogP contribution in [0.5, 0.6) is 0 Å². The smallest absolute Gasteiger partial charge is 0.222 e. The van der Waals surface area contributed by atoms with Crippen molar-refractivity contribution in [2.75, 3.05) is 0 Å². The van der Waals surface area contributed by atoms with Crippen LogP contribution in [0, 0.1) is 13.8 Å². The van der Waals surface area contributed by atoms with Gasteiger partial charge in [0.05, 0.1) is 9.50 Å². The van der Waals surface area contributed by atoms with Gasteiger partial charge in [-0.3, -0.25) is 0 Å². The Bertz CT molecular complexity index is 700. The van der Waals surface area contributed by atoms with E-state index in [1.54, 1.807) is 12.1 Å². The molecule has 1 aromatic carbocycles. The van der Waals surface area contributed by atoms with Gasteiger partial charge in [-0.05, 0) is 59.5 Å². The number of aromatic nitrogens is 1. The summed E-state index contributed by atoms with van der Waals surface area (Å²) in [4.78, 5) is 3.27. The highest BCUT2D eigenvalue weighted by Gasteiger charge is 2.25. The van der Waals surface area contributed by atoms with Crippen molar-refractivity contribution in [1.29, 1.82) is 0 Å². The lowest BCUT2D eigenvalue weighted by Crippen LogP contribution is -2.05. The summed E-state index contributed by atoms with van der Waals surface area (Å²) in [6.07, 6.45) is 0.675. The lowest BCUT2D eigenvalue weighted by Gasteiger charge is -2.06. The van der Waals surface area contributed by atoms with E-state index in [4.69, 9.17) is 0 Å². The summed E-state index contributed by atoms with van der Waals surface area (Å²) >= 11 is 3.36. The van der Waals surface area contributed by atoms with Crippen LogP contribution < -0.4 is 0 Å². The molecule has 0 aliphatic heterocycles. The van der Waals surface area contributed by atoms with Crippen LogP contribution in [0.1, 0.15) is 23.6 Å². The molecule has 0 atom stereocenters. The highest BCUT2D eigenvalue weighted by Crippen LogP contribution is 2.30. The maximum atomic E-state index is 12.6. The number of rotatable bonds is 3. The number of benzene rings is 1. The van der Waals surface area contributed by atoms with Crippen molar-refractivity contribution in [1.82, 2.24) is 4.98 Å². The Morgan fingerprint density at radius 2 is 1.74 bits per heavy atom. The molecule has 19 heavy (non-hydrogen) atoms. The zero-order valence-corrected chi connectivity index (χ0v) is 13.5. The number of hydrogen-bond donors (Lipinski definition) is 1. The Hall–Kier alpha value is -1.07. The largest absolute Gasteiger partial charge is 0.340 e. The van der Waals surface area contributed by atoms with Crippen molar-refractivity contribution in [3.05, 3.63) is 45.6 Å². The fourth-order valence-corrected chi connectivity index (χ4v) is 4.22. The van der Waals surface area contributed by atoms with Gasteiger partial charge in [0.1, 0.15) is 5.03 Å². The van der Waals surface area contributed by atoms with Crippen LogP contribution >= 0.6 is 15.9 Å². The minimum absolute atomic E-state index is 0.295. The van der Waals surface area contributed by atoms with Crippen molar-refractivity contribution in [3.63, 3.8) is 0 Å². The second-order valence-corrected chi connectivity index (χ2v) is 7.22. The number of H-pyrrole nitrogens is 1. The predicted octanol–water partition coefficient (Wildman–Crippen LogP) is 3.79. The van der Waals surface area contributed by atoms with E-state index in [1.807, 2.05) is 32.9 Å². The first-order valence-electron chi connectivity index (χ1n) is 6.06. The van der Waals surface area contributed by atoms with Crippen LogP contribution in [0.25, 0.3) is 0 Å². The van der Waals surface area contributed by atoms with Gasteiger partial charge in [0.15, 0.2) is 0 Å². The highest BCUT2D eigenvalue weighted by atomic mass is 79.9. The Labute approximate surface area is 122 Å². The van der Waals surface area contributed by atoms with Crippen LogP contribution in [-0.2, 0) is 16.3 Å². The summed E-state index contributed by atoms with van der Waals surface area (Å²) in [6.45, 7) is 5.80. The average molecular weight is 342 g/mol. The second-order valence-electron chi connectivity index (χ2n) is 4.54. The highest BCUT2D eigenvalue weighted by molar-refractivity contribution is 9.10. The van der Waals surface area contributed by atoms with Gasteiger partial charge in [0, 0.05) is 0 Å². The molecule has 0 saturated carbocycles. The van der Waals surface area contributed by atoms with Crippen LogP contribution in [0.4, 0.5) is 0 Å². The van der Waals surface area contributed by atoms with Gasteiger partial charge >= 0.3 is 0 Å². The summed E-state index contributed by atoms with van der Waals surface area (Å²) in [5.74, 6) is 0. The number of hydrogen-bond acceptors (Lipinski definition) is 2. The van der Waals surface area contributed by atoms with Gasteiger partial charge in [-0.15, -0.1) is 0 Å². The van der Waals surface area contributed by atoms with Gasteiger partial charge in [-0.25, -0.2) is 8.42 Å². The van der Waals surface area contributed by atoms with Gasteiger partial charge < -0.3 is 4.98 Å². The number of aromatic amines is 1. The number of halogens is 1. The minimum Gasteiger partial charge on any atom is -0.340 e. The topological polar surface area (TPSA) is 49.9 Å². The summed E-state index contributed by atoms with van der Waals surface area (Å²) in [6, 6.07) is 6.91. The zero-order chi connectivity index (χ0) is 14.2. The molecule has 0 unspecified atom stereocenters. The second kappa shape index (κ2) is 5.13. The number of sulfone groups is 1. The van der Waals surface area contributed by atoms with Crippen molar-refractivity contribution in [3.8, 4) is 0 Å². The van der Waals surface area contributed by atoms with Crippen LogP contribution in [0.2, 0.25) is 0 Å². The van der Waals surface area contributed by atoms with Crippen molar-refractivity contribution >= 4 is 25.8 Å². The van der Waals surface area contributed by atoms with E-state index >= 15 is 0 Å². The third kappa shape index (κ3) is 2.49. The van der Waals surface area contributed by atoms with E-state index in [9.17, 15) is 8.42 Å². The molecule has 1 heterocycles. The first-order chi connectivity index (χ1) is 8.87. The maximum absolute atomic E-state index is 12.6. The molecule has 0 aliphatic rings. The minimum atomic E-state index is -3.49. The van der Waals surface area contributed by atoms with E-state index in [2.05, 4.69) is 20.9 Å². The summed E-state index contributed by atoms with van der Waals surface area (Å²) in [5.41, 5.74) is 2.83. The molecule has 2 aromatic rings. The predicted molar refractivity (Wildman–Crippen MR) is 79.2 cm³/mol. The average Bonchev–Trinajstić information content (AvgIpc) is 2.66. The molecule has 1 N–H and O–H groups in total. The van der Waals surface area contributed by atoms with E-state index in [0.29, 0.717) is 16.3 Å². The Balaban J connectivity index is 2.63. The fourth-order valence-electron chi connectivity index (χ4n) is 2.06. The fraction of sp³-hybridized carbons (Fsp3) is 0.286. The maximum Gasteiger partial charge on any atom is 0.222 e. The van der Waals surface area contributed by atoms with E-state index in [1.165, 1.54) is 0 Å². The van der Waals surface area contributed by atoms with E-state index < -0.39 is 9.84 Å². The monoisotopic (exact) mass is 341 g/mol. The number of nitrogens with one attached hydrogen (secondary N) is 1. The lowest BCUT2D eigenvalue weighted by molar-refractivity contribution is 0.591. The zero-order valence-electron chi connectivity index (χ0n) is 11.1. The molecule has 0 spiro atoms. The lowest BCUT2D eigenvalue weighted by atomic mass is 10.2. The summed E-state index contributed by atoms with van der Waals surface area (Å²) < 4.78 is 26.0. The van der Waals surface area contributed by atoms with Crippen LogP contribution in [0.15, 0.2) is 38.8 Å². The summed E-state index contributed by atoms with van der Waals surface area (Å²) in [7, 11) is -3.49. The van der Waals surface area contributed by atoms with Crippen LogP contribution in [-0.4, -0.2) is 13.4 Å². The third-order valence-corrected chi connectivity index (χ3v) is 5.80. The van der Waals surface area contributed by atoms with Gasteiger partial charge in [-0.2, -0.15) is 0 Å². The van der Waals surface area contributed by atoms with Gasteiger partial charge in [-0.1, -0.05) is 24.6 Å². The number of aryl methyl sites for hydroxylation is 1. The van der Waals surface area contributed by atoms with Crippen molar-refractivity contribution < 1.29 is 8.42 Å².